The Hall–Kier alpha value is -1.55. The van der Waals surface area contributed by atoms with Gasteiger partial charge in [-0.2, -0.15) is 0 Å². The van der Waals surface area contributed by atoms with E-state index in [1.54, 1.807) is 0 Å². The lowest BCUT2D eigenvalue weighted by atomic mass is 9.86. The first-order valence-corrected chi connectivity index (χ1v) is 8.12. The third kappa shape index (κ3) is 2.22. The minimum absolute atomic E-state index is 0.304. The Labute approximate surface area is 126 Å². The number of nitrogens with zero attached hydrogens (tertiary/aromatic N) is 2. The number of nitrogens with one attached hydrogen (secondary N) is 1. The van der Waals surface area contributed by atoms with E-state index in [-0.39, 0.29) is 5.54 Å². The molecule has 1 aromatic rings. The van der Waals surface area contributed by atoms with E-state index in [0.717, 1.165) is 45.1 Å². The Kier molecular flexibility index (Phi) is 3.14. The van der Waals surface area contributed by atoms with Gasteiger partial charge in [0.1, 0.15) is 5.54 Å². The van der Waals surface area contributed by atoms with Crippen LogP contribution in [0.1, 0.15) is 25.7 Å². The zero-order valence-corrected chi connectivity index (χ0v) is 12.4. The van der Waals surface area contributed by atoms with Crippen molar-refractivity contribution in [3.05, 3.63) is 30.3 Å². The van der Waals surface area contributed by atoms with Crippen molar-refractivity contribution >= 4 is 11.6 Å². The Morgan fingerprint density at radius 1 is 1.14 bits per heavy atom. The van der Waals surface area contributed by atoms with E-state index < -0.39 is 0 Å². The average molecular weight is 285 g/mol. The lowest BCUT2D eigenvalue weighted by molar-refractivity contribution is -0.133. The first-order chi connectivity index (χ1) is 10.3. The molecule has 1 N–H and O–H groups in total. The summed E-state index contributed by atoms with van der Waals surface area (Å²) >= 11 is 0. The van der Waals surface area contributed by atoms with Crippen LogP contribution in [0.2, 0.25) is 0 Å². The number of hydrogen-bond acceptors (Lipinski definition) is 3. The van der Waals surface area contributed by atoms with Gasteiger partial charge in [-0.25, -0.2) is 0 Å². The maximum atomic E-state index is 13.1. The van der Waals surface area contributed by atoms with E-state index in [2.05, 4.69) is 39.4 Å². The quantitative estimate of drug-likeness (QED) is 0.920. The van der Waals surface area contributed by atoms with Gasteiger partial charge in [-0.05, 0) is 56.8 Å². The maximum absolute atomic E-state index is 13.1. The molecule has 3 aliphatic rings. The molecule has 21 heavy (non-hydrogen) atoms. The molecule has 2 saturated heterocycles. The van der Waals surface area contributed by atoms with Crippen LogP contribution in [-0.2, 0) is 4.79 Å². The number of rotatable bonds is 3. The summed E-state index contributed by atoms with van der Waals surface area (Å²) in [7, 11) is 0. The van der Waals surface area contributed by atoms with E-state index in [1.165, 1.54) is 18.5 Å². The molecule has 3 fully saturated rings. The van der Waals surface area contributed by atoms with Crippen LogP contribution in [0.3, 0.4) is 0 Å². The number of carbonyl (C=O) groups excluding carboxylic acids is 1. The summed E-state index contributed by atoms with van der Waals surface area (Å²) in [5.41, 5.74) is 0.882. The van der Waals surface area contributed by atoms with E-state index in [9.17, 15) is 4.79 Å². The number of anilines is 1. The van der Waals surface area contributed by atoms with Crippen molar-refractivity contribution in [1.29, 1.82) is 0 Å². The SMILES string of the molecule is O=C1N(CC2CC2)CN(c2ccccc2)C12CCNCC2. The zero-order chi connectivity index (χ0) is 14.3. The highest BCUT2D eigenvalue weighted by molar-refractivity contribution is 5.93. The highest BCUT2D eigenvalue weighted by Crippen LogP contribution is 2.40. The van der Waals surface area contributed by atoms with E-state index in [0.29, 0.717) is 5.91 Å². The fourth-order valence-corrected chi connectivity index (χ4v) is 3.79. The van der Waals surface area contributed by atoms with Gasteiger partial charge in [0.05, 0.1) is 6.67 Å². The number of benzene rings is 1. The van der Waals surface area contributed by atoms with Crippen LogP contribution in [-0.4, -0.2) is 42.6 Å². The van der Waals surface area contributed by atoms with Crippen molar-refractivity contribution in [3.63, 3.8) is 0 Å². The molecule has 1 spiro atoms. The molecule has 1 aliphatic carbocycles. The second kappa shape index (κ2) is 5.02. The predicted octanol–water partition coefficient (Wildman–Crippen LogP) is 1.82. The van der Waals surface area contributed by atoms with Crippen molar-refractivity contribution in [2.24, 2.45) is 5.92 Å². The topological polar surface area (TPSA) is 35.6 Å². The molecular weight excluding hydrogens is 262 g/mol. The number of carbonyl (C=O) groups is 1. The molecule has 0 atom stereocenters. The second-order valence-electron chi connectivity index (χ2n) is 6.66. The fourth-order valence-electron chi connectivity index (χ4n) is 3.79. The lowest BCUT2D eigenvalue weighted by Gasteiger charge is -2.40. The molecule has 2 heterocycles. The molecular formula is C17H23N3O. The van der Waals surface area contributed by atoms with Crippen LogP contribution in [0.25, 0.3) is 0 Å². The summed E-state index contributed by atoms with van der Waals surface area (Å²) in [6.07, 6.45) is 4.43. The smallest absolute Gasteiger partial charge is 0.250 e. The fraction of sp³-hybridized carbons (Fsp3) is 0.588. The van der Waals surface area contributed by atoms with Crippen molar-refractivity contribution in [2.45, 2.75) is 31.2 Å². The third-order valence-corrected chi connectivity index (χ3v) is 5.19. The molecule has 1 aromatic carbocycles. The molecule has 1 amide bonds. The Morgan fingerprint density at radius 3 is 2.52 bits per heavy atom. The molecule has 4 rings (SSSR count). The molecule has 1 saturated carbocycles. The van der Waals surface area contributed by atoms with Gasteiger partial charge < -0.3 is 15.1 Å². The number of piperidine rings is 1. The molecule has 0 radical (unpaired) electrons. The van der Waals surface area contributed by atoms with Crippen molar-refractivity contribution in [1.82, 2.24) is 10.2 Å². The highest BCUT2D eigenvalue weighted by Gasteiger charge is 2.53. The summed E-state index contributed by atoms with van der Waals surface area (Å²) in [5.74, 6) is 1.11. The van der Waals surface area contributed by atoms with Gasteiger partial charge in [-0.1, -0.05) is 18.2 Å². The van der Waals surface area contributed by atoms with Crippen LogP contribution >= 0.6 is 0 Å². The van der Waals surface area contributed by atoms with Gasteiger partial charge >= 0.3 is 0 Å². The van der Waals surface area contributed by atoms with Crippen LogP contribution in [0.5, 0.6) is 0 Å². The standard InChI is InChI=1S/C17H23N3O/c21-16-17(8-10-18-11-9-17)20(15-4-2-1-3-5-15)13-19(16)12-14-6-7-14/h1-5,14,18H,6-13H2. The van der Waals surface area contributed by atoms with E-state index >= 15 is 0 Å². The minimum atomic E-state index is -0.304. The van der Waals surface area contributed by atoms with Crippen LogP contribution in [0.4, 0.5) is 5.69 Å². The van der Waals surface area contributed by atoms with Crippen molar-refractivity contribution < 1.29 is 4.79 Å². The second-order valence-corrected chi connectivity index (χ2v) is 6.66. The van der Waals surface area contributed by atoms with Crippen molar-refractivity contribution in [2.75, 3.05) is 31.2 Å². The van der Waals surface area contributed by atoms with Crippen LogP contribution in [0, 0.1) is 5.92 Å². The molecule has 0 unspecified atom stereocenters. The first-order valence-electron chi connectivity index (χ1n) is 8.12. The highest BCUT2D eigenvalue weighted by atomic mass is 16.2. The summed E-state index contributed by atoms with van der Waals surface area (Å²) < 4.78 is 0. The van der Waals surface area contributed by atoms with Gasteiger partial charge in [-0.15, -0.1) is 0 Å². The van der Waals surface area contributed by atoms with E-state index in [4.69, 9.17) is 0 Å². The third-order valence-electron chi connectivity index (χ3n) is 5.19. The molecule has 112 valence electrons. The summed E-state index contributed by atoms with van der Waals surface area (Å²) in [4.78, 5) is 17.6. The molecule has 4 nitrogen and oxygen atoms in total. The summed E-state index contributed by atoms with van der Waals surface area (Å²) in [6, 6.07) is 10.4. The number of amides is 1. The minimum Gasteiger partial charge on any atom is -0.339 e. The monoisotopic (exact) mass is 285 g/mol. The Balaban J connectivity index is 1.66. The normalized spacial score (nSPS) is 24.9. The Bertz CT molecular complexity index is 520. The first kappa shape index (κ1) is 13.1. The molecule has 4 heteroatoms. The van der Waals surface area contributed by atoms with E-state index in [1.807, 2.05) is 6.07 Å². The van der Waals surface area contributed by atoms with Crippen LogP contribution < -0.4 is 10.2 Å². The number of para-hydroxylation sites is 1. The molecule has 0 aromatic heterocycles. The lowest BCUT2D eigenvalue weighted by Crippen LogP contribution is -2.55. The van der Waals surface area contributed by atoms with Crippen LogP contribution in [0.15, 0.2) is 30.3 Å². The largest absolute Gasteiger partial charge is 0.339 e. The molecule has 2 aliphatic heterocycles. The van der Waals surface area contributed by atoms with Gasteiger partial charge in [0, 0.05) is 12.2 Å². The average Bonchev–Trinajstić information content (AvgIpc) is 3.32. The van der Waals surface area contributed by atoms with Gasteiger partial charge in [0.25, 0.3) is 0 Å². The summed E-state index contributed by atoms with van der Waals surface area (Å²) in [5, 5.41) is 3.40. The van der Waals surface area contributed by atoms with Gasteiger partial charge in [-0.3, -0.25) is 4.79 Å². The summed E-state index contributed by atoms with van der Waals surface area (Å²) in [6.45, 7) is 3.59. The zero-order valence-electron chi connectivity index (χ0n) is 12.4. The van der Waals surface area contributed by atoms with Crippen molar-refractivity contribution in [3.8, 4) is 0 Å². The van der Waals surface area contributed by atoms with Gasteiger partial charge in [0.2, 0.25) is 5.91 Å². The predicted molar refractivity (Wildman–Crippen MR) is 83.1 cm³/mol. The Morgan fingerprint density at radius 2 is 1.86 bits per heavy atom. The van der Waals surface area contributed by atoms with Gasteiger partial charge in [0.15, 0.2) is 0 Å². The number of hydrogen-bond donors (Lipinski definition) is 1. The molecule has 0 bridgehead atoms. The maximum Gasteiger partial charge on any atom is 0.250 e.